The van der Waals surface area contributed by atoms with E-state index in [1.165, 1.54) is 0 Å². The van der Waals surface area contributed by atoms with Crippen LogP contribution < -0.4 is 19.5 Å². The Labute approximate surface area is 161 Å². The predicted molar refractivity (Wildman–Crippen MR) is 107 cm³/mol. The van der Waals surface area contributed by atoms with Crippen LogP contribution in [0.1, 0.15) is 19.4 Å². The fourth-order valence-corrected chi connectivity index (χ4v) is 2.77. The maximum absolute atomic E-state index is 12.7. The van der Waals surface area contributed by atoms with E-state index in [0.717, 1.165) is 5.56 Å². The Balaban J connectivity index is 2.09. The largest absolute Gasteiger partial charge is 0.493 e. The summed E-state index contributed by atoms with van der Waals surface area (Å²) in [6, 6.07) is 12.8. The molecule has 1 atom stereocenters. The SMILES string of the molecule is CCOc1ccccc1NC(=O)C(C)N(C)Cc1cccc(OC)c1OC. The number of carbonyl (C=O) groups is 1. The van der Waals surface area contributed by atoms with E-state index in [9.17, 15) is 4.79 Å². The van der Waals surface area contributed by atoms with Crippen molar-refractivity contribution in [2.75, 3.05) is 33.2 Å². The van der Waals surface area contributed by atoms with Gasteiger partial charge in [0.2, 0.25) is 5.91 Å². The molecule has 0 saturated carbocycles. The first kappa shape index (κ1) is 20.6. The van der Waals surface area contributed by atoms with Crippen molar-refractivity contribution in [1.82, 2.24) is 4.90 Å². The van der Waals surface area contributed by atoms with Crippen molar-refractivity contribution in [2.24, 2.45) is 0 Å². The number of nitrogens with one attached hydrogen (secondary N) is 1. The van der Waals surface area contributed by atoms with Gasteiger partial charge in [0.25, 0.3) is 0 Å². The van der Waals surface area contributed by atoms with Gasteiger partial charge in [-0.15, -0.1) is 0 Å². The molecular weight excluding hydrogens is 344 g/mol. The minimum absolute atomic E-state index is 0.105. The fraction of sp³-hybridized carbons (Fsp3) is 0.381. The van der Waals surface area contributed by atoms with Gasteiger partial charge in [-0.2, -0.15) is 0 Å². The molecule has 6 heteroatoms. The summed E-state index contributed by atoms with van der Waals surface area (Å²) in [4.78, 5) is 14.7. The molecule has 0 aromatic heterocycles. The number of anilines is 1. The molecule has 146 valence electrons. The lowest BCUT2D eigenvalue weighted by atomic mass is 10.1. The number of amides is 1. The quantitative estimate of drug-likeness (QED) is 0.729. The first-order valence-electron chi connectivity index (χ1n) is 8.94. The topological polar surface area (TPSA) is 60.0 Å². The van der Waals surface area contributed by atoms with Gasteiger partial charge < -0.3 is 19.5 Å². The number of carbonyl (C=O) groups excluding carboxylic acids is 1. The molecule has 0 bridgehead atoms. The number of hydrogen-bond donors (Lipinski definition) is 1. The monoisotopic (exact) mass is 372 g/mol. The highest BCUT2D eigenvalue weighted by atomic mass is 16.5. The van der Waals surface area contributed by atoms with Crippen LogP contribution in [0.15, 0.2) is 42.5 Å². The summed E-state index contributed by atoms with van der Waals surface area (Å²) in [6.45, 7) is 4.86. The number of benzene rings is 2. The van der Waals surface area contributed by atoms with Crippen molar-refractivity contribution in [3.8, 4) is 17.2 Å². The Morgan fingerprint density at radius 3 is 2.44 bits per heavy atom. The van der Waals surface area contributed by atoms with Crippen molar-refractivity contribution < 1.29 is 19.0 Å². The molecule has 0 aliphatic heterocycles. The molecule has 0 heterocycles. The van der Waals surface area contributed by atoms with E-state index in [1.807, 2.05) is 68.3 Å². The van der Waals surface area contributed by atoms with Crippen LogP contribution in [0.2, 0.25) is 0 Å². The lowest BCUT2D eigenvalue weighted by Crippen LogP contribution is -2.39. The number of nitrogens with zero attached hydrogens (tertiary/aromatic N) is 1. The van der Waals surface area contributed by atoms with E-state index in [-0.39, 0.29) is 11.9 Å². The highest BCUT2D eigenvalue weighted by Gasteiger charge is 2.21. The van der Waals surface area contributed by atoms with Gasteiger partial charge in [0, 0.05) is 12.1 Å². The molecule has 27 heavy (non-hydrogen) atoms. The number of methoxy groups -OCH3 is 2. The second kappa shape index (κ2) is 9.83. The molecule has 2 aromatic rings. The number of likely N-dealkylation sites (N-methyl/N-ethyl adjacent to an activating group) is 1. The van der Waals surface area contributed by atoms with Crippen LogP contribution in [-0.2, 0) is 11.3 Å². The number of hydrogen-bond acceptors (Lipinski definition) is 5. The van der Waals surface area contributed by atoms with E-state index < -0.39 is 0 Å². The smallest absolute Gasteiger partial charge is 0.241 e. The van der Waals surface area contributed by atoms with E-state index in [0.29, 0.717) is 36.1 Å². The van der Waals surface area contributed by atoms with Gasteiger partial charge in [0.1, 0.15) is 5.75 Å². The zero-order chi connectivity index (χ0) is 19.8. The highest BCUT2D eigenvalue weighted by molar-refractivity contribution is 5.95. The lowest BCUT2D eigenvalue weighted by molar-refractivity contribution is -0.120. The van der Waals surface area contributed by atoms with E-state index in [1.54, 1.807) is 14.2 Å². The first-order chi connectivity index (χ1) is 13.0. The van der Waals surface area contributed by atoms with Crippen molar-refractivity contribution in [3.63, 3.8) is 0 Å². The molecule has 0 radical (unpaired) electrons. The number of para-hydroxylation sites is 3. The summed E-state index contributed by atoms with van der Waals surface area (Å²) >= 11 is 0. The molecule has 6 nitrogen and oxygen atoms in total. The first-order valence-corrected chi connectivity index (χ1v) is 8.94. The summed E-state index contributed by atoms with van der Waals surface area (Å²) in [5.41, 5.74) is 1.62. The molecule has 1 amide bonds. The third-order valence-electron chi connectivity index (χ3n) is 4.39. The maximum atomic E-state index is 12.7. The van der Waals surface area contributed by atoms with Crippen molar-refractivity contribution in [1.29, 1.82) is 0 Å². The van der Waals surface area contributed by atoms with Crippen LogP contribution in [0.25, 0.3) is 0 Å². The Kier molecular flexibility index (Phi) is 7.49. The van der Waals surface area contributed by atoms with Crippen LogP contribution in [0.4, 0.5) is 5.69 Å². The minimum Gasteiger partial charge on any atom is -0.493 e. The zero-order valence-corrected chi connectivity index (χ0v) is 16.6. The number of rotatable bonds is 9. The fourth-order valence-electron chi connectivity index (χ4n) is 2.77. The molecule has 0 saturated heterocycles. The summed E-state index contributed by atoms with van der Waals surface area (Å²) in [5, 5.41) is 2.95. The molecule has 1 unspecified atom stereocenters. The summed E-state index contributed by atoms with van der Waals surface area (Å²) < 4.78 is 16.4. The Morgan fingerprint density at radius 2 is 1.78 bits per heavy atom. The van der Waals surface area contributed by atoms with Crippen LogP contribution in [0, 0.1) is 0 Å². The number of ether oxygens (including phenoxy) is 3. The molecule has 2 aromatic carbocycles. The normalized spacial score (nSPS) is 11.8. The van der Waals surface area contributed by atoms with Gasteiger partial charge in [-0.3, -0.25) is 9.69 Å². The second-order valence-electron chi connectivity index (χ2n) is 6.16. The minimum atomic E-state index is -0.351. The maximum Gasteiger partial charge on any atom is 0.241 e. The van der Waals surface area contributed by atoms with Crippen LogP contribution in [0.5, 0.6) is 17.2 Å². The van der Waals surface area contributed by atoms with Crippen molar-refractivity contribution in [3.05, 3.63) is 48.0 Å². The van der Waals surface area contributed by atoms with Crippen LogP contribution in [0.3, 0.4) is 0 Å². The van der Waals surface area contributed by atoms with Crippen LogP contribution in [-0.4, -0.2) is 44.7 Å². The molecule has 2 rings (SSSR count). The lowest BCUT2D eigenvalue weighted by Gasteiger charge is -2.25. The Hall–Kier alpha value is -2.73. The Bertz CT molecular complexity index is 764. The summed E-state index contributed by atoms with van der Waals surface area (Å²) in [5.74, 6) is 1.91. The van der Waals surface area contributed by atoms with Crippen molar-refractivity contribution in [2.45, 2.75) is 26.4 Å². The van der Waals surface area contributed by atoms with Gasteiger partial charge in [-0.25, -0.2) is 0 Å². The Morgan fingerprint density at radius 1 is 1.07 bits per heavy atom. The van der Waals surface area contributed by atoms with Gasteiger partial charge in [0.05, 0.1) is 32.6 Å². The molecule has 0 aliphatic carbocycles. The molecular formula is C21H28N2O4. The van der Waals surface area contributed by atoms with E-state index >= 15 is 0 Å². The predicted octanol–water partition coefficient (Wildman–Crippen LogP) is 3.56. The average molecular weight is 372 g/mol. The molecule has 0 spiro atoms. The molecule has 1 N–H and O–H groups in total. The van der Waals surface area contributed by atoms with Gasteiger partial charge in [0.15, 0.2) is 11.5 Å². The third kappa shape index (κ3) is 5.14. The van der Waals surface area contributed by atoms with Crippen LogP contribution >= 0.6 is 0 Å². The van der Waals surface area contributed by atoms with Crippen molar-refractivity contribution >= 4 is 11.6 Å². The van der Waals surface area contributed by atoms with Gasteiger partial charge in [-0.1, -0.05) is 24.3 Å². The summed E-state index contributed by atoms with van der Waals surface area (Å²) in [7, 11) is 5.12. The highest BCUT2D eigenvalue weighted by Crippen LogP contribution is 2.31. The second-order valence-corrected chi connectivity index (χ2v) is 6.16. The van der Waals surface area contributed by atoms with Gasteiger partial charge in [-0.05, 0) is 39.1 Å². The third-order valence-corrected chi connectivity index (χ3v) is 4.39. The van der Waals surface area contributed by atoms with E-state index in [4.69, 9.17) is 14.2 Å². The summed E-state index contributed by atoms with van der Waals surface area (Å²) in [6.07, 6.45) is 0. The van der Waals surface area contributed by atoms with Gasteiger partial charge >= 0.3 is 0 Å². The average Bonchev–Trinajstić information content (AvgIpc) is 2.68. The molecule has 0 aliphatic rings. The zero-order valence-electron chi connectivity index (χ0n) is 16.6. The molecule has 0 fully saturated rings. The standard InChI is InChI=1S/C21H28N2O4/c1-6-27-18-12-8-7-11-17(18)22-21(24)15(2)23(3)14-16-10-9-13-19(25-4)20(16)26-5/h7-13,15H,6,14H2,1-5H3,(H,22,24). The van der Waals surface area contributed by atoms with E-state index in [2.05, 4.69) is 5.32 Å².